The maximum atomic E-state index is 11.2. The first-order chi connectivity index (χ1) is 9.66. The van der Waals surface area contributed by atoms with E-state index in [0.29, 0.717) is 18.0 Å². The molecule has 0 bridgehead atoms. The zero-order chi connectivity index (χ0) is 14.1. The molecule has 0 aliphatic heterocycles. The Balaban J connectivity index is 2.14. The lowest BCUT2D eigenvalue weighted by atomic mass is 10.2. The van der Waals surface area contributed by atoms with E-state index < -0.39 is 5.97 Å². The van der Waals surface area contributed by atoms with Gasteiger partial charge < -0.3 is 15.4 Å². The van der Waals surface area contributed by atoms with Gasteiger partial charge in [0.2, 0.25) is 5.95 Å². The number of benzene rings is 2. The van der Waals surface area contributed by atoms with Gasteiger partial charge >= 0.3 is 5.97 Å². The van der Waals surface area contributed by atoms with Crippen molar-refractivity contribution in [1.82, 2.24) is 9.55 Å². The minimum absolute atomic E-state index is 0.168. The number of aromatic nitrogens is 2. The van der Waals surface area contributed by atoms with Crippen molar-refractivity contribution in [3.8, 4) is 0 Å². The summed E-state index contributed by atoms with van der Waals surface area (Å²) in [6, 6.07) is 14.9. The number of hydrogen-bond donors (Lipinski definition) is 2. The van der Waals surface area contributed by atoms with Crippen LogP contribution >= 0.6 is 0 Å². The van der Waals surface area contributed by atoms with Crippen LogP contribution in [0.2, 0.25) is 0 Å². The molecule has 0 amide bonds. The number of carboxylic acids is 1. The highest BCUT2D eigenvalue weighted by Crippen LogP contribution is 2.22. The molecule has 0 atom stereocenters. The van der Waals surface area contributed by atoms with Crippen LogP contribution in [-0.4, -0.2) is 20.6 Å². The molecule has 0 spiro atoms. The zero-order valence-corrected chi connectivity index (χ0v) is 10.7. The number of hydrogen-bond acceptors (Lipinski definition) is 3. The first kappa shape index (κ1) is 12.2. The van der Waals surface area contributed by atoms with Gasteiger partial charge in [-0.05, 0) is 17.7 Å². The number of anilines is 1. The number of fused-ring (bicyclic) bond motifs is 1. The predicted octanol–water partition coefficient (Wildman–Crippen LogP) is 2.37. The molecule has 0 saturated heterocycles. The number of carbonyl (C=O) groups is 1. The summed E-state index contributed by atoms with van der Waals surface area (Å²) >= 11 is 0. The molecule has 100 valence electrons. The molecule has 0 fully saturated rings. The van der Waals surface area contributed by atoms with Gasteiger partial charge in [-0.3, -0.25) is 0 Å². The molecule has 3 aromatic rings. The number of para-hydroxylation sites is 1. The first-order valence-corrected chi connectivity index (χ1v) is 6.19. The van der Waals surface area contributed by atoms with Crippen molar-refractivity contribution in [1.29, 1.82) is 0 Å². The third kappa shape index (κ3) is 1.99. The number of aromatic carboxylic acids is 1. The second kappa shape index (κ2) is 4.70. The predicted molar refractivity (Wildman–Crippen MR) is 76.6 cm³/mol. The van der Waals surface area contributed by atoms with Crippen LogP contribution in [0.4, 0.5) is 5.95 Å². The quantitative estimate of drug-likeness (QED) is 0.763. The molecular formula is C15H13N3O2. The lowest BCUT2D eigenvalue weighted by Gasteiger charge is -2.06. The van der Waals surface area contributed by atoms with Crippen LogP contribution in [0.5, 0.6) is 0 Å². The number of nitrogens with zero attached hydrogens (tertiary/aromatic N) is 2. The van der Waals surface area contributed by atoms with E-state index in [1.165, 1.54) is 6.07 Å². The van der Waals surface area contributed by atoms with Crippen molar-refractivity contribution in [2.24, 2.45) is 0 Å². The molecule has 2 aromatic carbocycles. The molecule has 1 aromatic heterocycles. The van der Waals surface area contributed by atoms with Crippen molar-refractivity contribution < 1.29 is 9.90 Å². The molecule has 0 unspecified atom stereocenters. The second-order valence-electron chi connectivity index (χ2n) is 4.52. The molecule has 5 heteroatoms. The molecule has 1 heterocycles. The SMILES string of the molecule is Nc1nc2c(C(=O)O)cccc2n1Cc1ccccc1. The molecule has 20 heavy (non-hydrogen) atoms. The van der Waals surface area contributed by atoms with Crippen LogP contribution in [0.3, 0.4) is 0 Å². The average Bonchev–Trinajstić information content (AvgIpc) is 2.76. The summed E-state index contributed by atoms with van der Waals surface area (Å²) in [6.07, 6.45) is 0. The van der Waals surface area contributed by atoms with Gasteiger partial charge in [0.1, 0.15) is 5.52 Å². The van der Waals surface area contributed by atoms with E-state index in [1.54, 1.807) is 6.07 Å². The Morgan fingerprint density at radius 1 is 1.15 bits per heavy atom. The average molecular weight is 267 g/mol. The highest BCUT2D eigenvalue weighted by atomic mass is 16.4. The Hall–Kier alpha value is -2.82. The minimum Gasteiger partial charge on any atom is -0.478 e. The first-order valence-electron chi connectivity index (χ1n) is 6.19. The molecule has 5 nitrogen and oxygen atoms in total. The Kier molecular flexibility index (Phi) is 2.87. The van der Waals surface area contributed by atoms with Crippen LogP contribution in [0.25, 0.3) is 11.0 Å². The molecular weight excluding hydrogens is 254 g/mol. The standard InChI is InChI=1S/C15H13N3O2/c16-15-17-13-11(14(19)20)7-4-8-12(13)18(15)9-10-5-2-1-3-6-10/h1-8H,9H2,(H2,16,17)(H,19,20). The van der Waals surface area contributed by atoms with Gasteiger partial charge in [-0.15, -0.1) is 0 Å². The van der Waals surface area contributed by atoms with Gasteiger partial charge in [-0.1, -0.05) is 36.4 Å². The van der Waals surface area contributed by atoms with Gasteiger partial charge in [0, 0.05) is 0 Å². The fourth-order valence-electron chi connectivity index (χ4n) is 2.27. The monoisotopic (exact) mass is 267 g/mol. The van der Waals surface area contributed by atoms with Crippen LogP contribution in [0, 0.1) is 0 Å². The Morgan fingerprint density at radius 3 is 2.60 bits per heavy atom. The summed E-state index contributed by atoms with van der Waals surface area (Å²) in [4.78, 5) is 15.4. The van der Waals surface area contributed by atoms with E-state index in [-0.39, 0.29) is 5.56 Å². The van der Waals surface area contributed by atoms with Crippen LogP contribution < -0.4 is 5.73 Å². The van der Waals surface area contributed by atoms with Crippen molar-refractivity contribution in [3.63, 3.8) is 0 Å². The summed E-state index contributed by atoms with van der Waals surface area (Å²) in [5.41, 5.74) is 8.33. The van der Waals surface area contributed by atoms with E-state index in [1.807, 2.05) is 41.0 Å². The maximum Gasteiger partial charge on any atom is 0.337 e. The molecule has 0 radical (unpaired) electrons. The molecule has 0 saturated carbocycles. The highest BCUT2D eigenvalue weighted by molar-refractivity contribution is 6.01. The van der Waals surface area contributed by atoms with E-state index in [2.05, 4.69) is 4.98 Å². The number of nitrogen functional groups attached to an aromatic ring is 1. The van der Waals surface area contributed by atoms with Crippen molar-refractivity contribution in [2.75, 3.05) is 5.73 Å². The number of rotatable bonds is 3. The normalized spacial score (nSPS) is 10.8. The van der Waals surface area contributed by atoms with Gasteiger partial charge in [0.05, 0.1) is 17.6 Å². The van der Waals surface area contributed by atoms with Crippen LogP contribution in [0.15, 0.2) is 48.5 Å². The van der Waals surface area contributed by atoms with E-state index in [9.17, 15) is 9.90 Å². The summed E-state index contributed by atoms with van der Waals surface area (Å²) in [6.45, 7) is 0.562. The van der Waals surface area contributed by atoms with Gasteiger partial charge in [-0.25, -0.2) is 9.78 Å². The Bertz CT molecular complexity index is 778. The number of imidazole rings is 1. The largest absolute Gasteiger partial charge is 0.478 e. The van der Waals surface area contributed by atoms with E-state index in [4.69, 9.17) is 5.73 Å². The Morgan fingerprint density at radius 2 is 1.90 bits per heavy atom. The maximum absolute atomic E-state index is 11.2. The highest BCUT2D eigenvalue weighted by Gasteiger charge is 2.15. The summed E-state index contributed by atoms with van der Waals surface area (Å²) < 4.78 is 1.82. The lowest BCUT2D eigenvalue weighted by Crippen LogP contribution is -2.04. The van der Waals surface area contributed by atoms with Crippen LogP contribution in [-0.2, 0) is 6.54 Å². The second-order valence-corrected chi connectivity index (χ2v) is 4.52. The third-order valence-corrected chi connectivity index (χ3v) is 3.22. The summed E-state index contributed by atoms with van der Waals surface area (Å²) in [5, 5.41) is 9.18. The van der Waals surface area contributed by atoms with E-state index in [0.717, 1.165) is 11.1 Å². The van der Waals surface area contributed by atoms with E-state index >= 15 is 0 Å². The molecule has 0 aliphatic rings. The zero-order valence-electron chi connectivity index (χ0n) is 10.7. The van der Waals surface area contributed by atoms with Gasteiger partial charge in [-0.2, -0.15) is 0 Å². The summed E-state index contributed by atoms with van der Waals surface area (Å²) in [7, 11) is 0. The minimum atomic E-state index is -1.00. The van der Waals surface area contributed by atoms with Crippen molar-refractivity contribution >= 4 is 23.0 Å². The van der Waals surface area contributed by atoms with Crippen molar-refractivity contribution in [3.05, 3.63) is 59.7 Å². The fraction of sp³-hybridized carbons (Fsp3) is 0.0667. The van der Waals surface area contributed by atoms with Crippen molar-refractivity contribution in [2.45, 2.75) is 6.54 Å². The summed E-state index contributed by atoms with van der Waals surface area (Å²) in [5.74, 6) is -0.683. The molecule has 0 aliphatic carbocycles. The molecule has 3 N–H and O–H groups in total. The smallest absolute Gasteiger partial charge is 0.337 e. The molecule has 3 rings (SSSR count). The topological polar surface area (TPSA) is 81.1 Å². The number of nitrogens with two attached hydrogens (primary N) is 1. The third-order valence-electron chi connectivity index (χ3n) is 3.22. The Labute approximate surface area is 115 Å². The lowest BCUT2D eigenvalue weighted by molar-refractivity contribution is 0.0699. The van der Waals surface area contributed by atoms with Gasteiger partial charge in [0.15, 0.2) is 0 Å². The van der Waals surface area contributed by atoms with Gasteiger partial charge in [0.25, 0.3) is 0 Å². The van der Waals surface area contributed by atoms with Crippen LogP contribution in [0.1, 0.15) is 15.9 Å². The number of carboxylic acid groups (broad SMARTS) is 1. The fourth-order valence-corrected chi connectivity index (χ4v) is 2.27.